The van der Waals surface area contributed by atoms with E-state index in [1.807, 2.05) is 60.7 Å². The van der Waals surface area contributed by atoms with E-state index in [-0.39, 0.29) is 6.71 Å². The fraction of sp³-hybridized carbons (Fsp3) is 0.188. The molecule has 2 heterocycles. The molecule has 0 saturated carbocycles. The van der Waals surface area contributed by atoms with Crippen molar-refractivity contribution in [2.24, 2.45) is 0 Å². The van der Waals surface area contributed by atoms with Crippen LogP contribution in [0.15, 0.2) is 146 Å². The minimum atomic E-state index is 0.118. The maximum absolute atomic E-state index is 4.98. The van der Waals surface area contributed by atoms with E-state index < -0.39 is 0 Å². The van der Waals surface area contributed by atoms with Gasteiger partial charge >= 0.3 is 0 Å². The number of hydrogen-bond acceptors (Lipinski definition) is 4. The molecule has 8 rings (SSSR count). The molecular weight excluding hydrogens is 643 g/mol. The molecule has 1 aliphatic rings. The summed E-state index contributed by atoms with van der Waals surface area (Å²) < 4.78 is 0. The Morgan fingerprint density at radius 2 is 0.830 bits per heavy atom. The van der Waals surface area contributed by atoms with Crippen molar-refractivity contribution in [2.45, 2.75) is 59.3 Å². The topological polar surface area (TPSA) is 41.9 Å². The summed E-state index contributed by atoms with van der Waals surface area (Å²) in [5, 5.41) is 0. The first-order valence-electron chi connectivity index (χ1n) is 18.9. The van der Waals surface area contributed by atoms with Gasteiger partial charge in [-0.05, 0) is 81.8 Å². The van der Waals surface area contributed by atoms with Crippen LogP contribution in [0.3, 0.4) is 0 Å². The number of benzene rings is 6. The number of anilines is 3. The highest BCUT2D eigenvalue weighted by Gasteiger charge is 2.38. The van der Waals surface area contributed by atoms with E-state index in [1.165, 1.54) is 44.5 Å². The van der Waals surface area contributed by atoms with Crippen molar-refractivity contribution in [3.63, 3.8) is 0 Å². The summed E-state index contributed by atoms with van der Waals surface area (Å²) in [7, 11) is 0. The summed E-state index contributed by atoms with van der Waals surface area (Å²) in [5.74, 6) is 3.22. The summed E-state index contributed by atoms with van der Waals surface area (Å²) in [4.78, 5) is 17.3. The molecule has 0 atom stereocenters. The molecule has 6 aromatic carbocycles. The maximum atomic E-state index is 4.98. The SMILES string of the molecule is CC(C)c1cc(C(C)C)c(B2c3ccccc3N(c3ccc(-c4nc(-c5ccccc5)nc(-c5ccccc5)n4)cc3)c3ccccc32)c(C(C)C)c1. The third-order valence-electron chi connectivity index (χ3n) is 10.5. The van der Waals surface area contributed by atoms with E-state index in [9.17, 15) is 0 Å². The Balaban J connectivity index is 1.26. The third-order valence-corrected chi connectivity index (χ3v) is 10.5. The van der Waals surface area contributed by atoms with Gasteiger partial charge in [-0.1, -0.05) is 156 Å². The molecule has 1 aliphatic heterocycles. The van der Waals surface area contributed by atoms with Gasteiger partial charge in [0.25, 0.3) is 0 Å². The molecule has 0 N–H and O–H groups in total. The Kier molecular flexibility index (Phi) is 9.26. The zero-order valence-corrected chi connectivity index (χ0v) is 31.5. The molecule has 0 saturated heterocycles. The van der Waals surface area contributed by atoms with Crippen molar-refractivity contribution in [1.82, 2.24) is 15.0 Å². The average molecular weight is 689 g/mol. The molecule has 0 unspecified atom stereocenters. The largest absolute Gasteiger partial charge is 0.312 e. The molecule has 0 aliphatic carbocycles. The first-order chi connectivity index (χ1) is 25.8. The highest BCUT2D eigenvalue weighted by molar-refractivity contribution is 6.98. The summed E-state index contributed by atoms with van der Waals surface area (Å²) in [5.41, 5.74) is 14.8. The van der Waals surface area contributed by atoms with Crippen LogP contribution in [0.25, 0.3) is 34.2 Å². The summed E-state index contributed by atoms with van der Waals surface area (Å²) in [6.45, 7) is 14.1. The number of nitrogens with zero attached hydrogens (tertiary/aromatic N) is 4. The van der Waals surface area contributed by atoms with Crippen LogP contribution in [0.1, 0.15) is 76.0 Å². The highest BCUT2D eigenvalue weighted by Crippen LogP contribution is 2.38. The molecule has 0 spiro atoms. The summed E-state index contributed by atoms with van der Waals surface area (Å²) >= 11 is 0. The third kappa shape index (κ3) is 6.46. The molecule has 0 fully saturated rings. The van der Waals surface area contributed by atoms with Gasteiger partial charge in [0.1, 0.15) is 0 Å². The second kappa shape index (κ2) is 14.3. The molecule has 0 bridgehead atoms. The lowest BCUT2D eigenvalue weighted by Crippen LogP contribution is -2.59. The Labute approximate surface area is 314 Å². The highest BCUT2D eigenvalue weighted by atomic mass is 15.1. The monoisotopic (exact) mass is 688 g/mol. The second-order valence-corrected chi connectivity index (χ2v) is 15.0. The molecule has 260 valence electrons. The predicted octanol–water partition coefficient (Wildman–Crippen LogP) is 10.5. The number of fused-ring (bicyclic) bond motifs is 2. The smallest absolute Gasteiger partial charge is 0.247 e. The van der Waals surface area contributed by atoms with Gasteiger partial charge in [-0.15, -0.1) is 0 Å². The minimum absolute atomic E-state index is 0.118. The maximum Gasteiger partial charge on any atom is 0.247 e. The first-order valence-corrected chi connectivity index (χ1v) is 18.9. The Hall–Kier alpha value is -5.81. The van der Waals surface area contributed by atoms with Crippen LogP contribution in [0, 0.1) is 0 Å². The van der Waals surface area contributed by atoms with Crippen molar-refractivity contribution in [3.05, 3.63) is 162 Å². The number of hydrogen-bond donors (Lipinski definition) is 0. The van der Waals surface area contributed by atoms with Crippen LogP contribution < -0.4 is 21.3 Å². The van der Waals surface area contributed by atoms with Crippen molar-refractivity contribution in [3.8, 4) is 34.2 Å². The van der Waals surface area contributed by atoms with Gasteiger partial charge in [-0.25, -0.2) is 15.0 Å². The van der Waals surface area contributed by atoms with E-state index >= 15 is 0 Å². The van der Waals surface area contributed by atoms with Gasteiger partial charge in [0.15, 0.2) is 17.5 Å². The summed E-state index contributed by atoms with van der Waals surface area (Å²) in [6, 6.07) is 51.9. The van der Waals surface area contributed by atoms with Crippen molar-refractivity contribution in [1.29, 1.82) is 0 Å². The average Bonchev–Trinajstić information content (AvgIpc) is 3.20. The first kappa shape index (κ1) is 34.3. The lowest BCUT2D eigenvalue weighted by molar-refractivity contribution is 0.812. The van der Waals surface area contributed by atoms with Gasteiger partial charge in [0.05, 0.1) is 0 Å². The molecule has 7 aromatic rings. The minimum Gasteiger partial charge on any atom is -0.312 e. The van der Waals surface area contributed by atoms with Crippen LogP contribution in [0.4, 0.5) is 17.1 Å². The zero-order valence-electron chi connectivity index (χ0n) is 31.5. The van der Waals surface area contributed by atoms with Crippen LogP contribution in [-0.2, 0) is 0 Å². The van der Waals surface area contributed by atoms with Crippen LogP contribution in [0.5, 0.6) is 0 Å². The predicted molar refractivity (Wildman–Crippen MR) is 224 cm³/mol. The fourth-order valence-corrected chi connectivity index (χ4v) is 7.80. The van der Waals surface area contributed by atoms with Crippen LogP contribution in [0.2, 0.25) is 0 Å². The lowest BCUT2D eigenvalue weighted by Gasteiger charge is -2.38. The van der Waals surface area contributed by atoms with E-state index in [4.69, 9.17) is 15.0 Å². The van der Waals surface area contributed by atoms with Gasteiger partial charge in [0, 0.05) is 33.8 Å². The molecule has 1 aromatic heterocycles. The standard InChI is InChI=1S/C48H45BN4/c1-31(2)37-29-39(32(3)4)45(40(30-37)33(5)6)49-41-21-13-15-23-43(41)53(44-24-16-14-22-42(44)49)38-27-25-36(26-28-38)48-51-46(34-17-9-7-10-18-34)50-47(52-48)35-19-11-8-12-20-35/h7-33H,1-6H3. The van der Waals surface area contributed by atoms with E-state index in [2.05, 4.69) is 131 Å². The Bertz CT molecular complexity index is 2250. The van der Waals surface area contributed by atoms with Gasteiger partial charge < -0.3 is 4.90 Å². The summed E-state index contributed by atoms with van der Waals surface area (Å²) in [6.07, 6.45) is 0. The normalized spacial score (nSPS) is 12.4. The molecular formula is C48H45BN4. The molecule has 53 heavy (non-hydrogen) atoms. The van der Waals surface area contributed by atoms with Crippen molar-refractivity contribution < 1.29 is 0 Å². The van der Waals surface area contributed by atoms with Crippen LogP contribution >= 0.6 is 0 Å². The van der Waals surface area contributed by atoms with E-state index in [0.717, 1.165) is 22.4 Å². The van der Waals surface area contributed by atoms with Crippen molar-refractivity contribution >= 4 is 40.2 Å². The quantitative estimate of drug-likeness (QED) is 0.149. The molecule has 0 radical (unpaired) electrons. The van der Waals surface area contributed by atoms with E-state index in [1.54, 1.807) is 0 Å². The second-order valence-electron chi connectivity index (χ2n) is 15.0. The van der Waals surface area contributed by atoms with Crippen molar-refractivity contribution in [2.75, 3.05) is 4.90 Å². The number of aromatic nitrogens is 3. The molecule has 4 nitrogen and oxygen atoms in total. The van der Waals surface area contributed by atoms with Gasteiger partial charge in [-0.2, -0.15) is 0 Å². The van der Waals surface area contributed by atoms with E-state index in [0.29, 0.717) is 35.2 Å². The Morgan fingerprint density at radius 3 is 1.25 bits per heavy atom. The Morgan fingerprint density at radius 1 is 0.434 bits per heavy atom. The van der Waals surface area contributed by atoms with Gasteiger partial charge in [-0.3, -0.25) is 0 Å². The zero-order chi connectivity index (χ0) is 36.6. The van der Waals surface area contributed by atoms with Crippen LogP contribution in [-0.4, -0.2) is 21.7 Å². The number of para-hydroxylation sites is 2. The molecule has 0 amide bonds. The fourth-order valence-electron chi connectivity index (χ4n) is 7.80. The number of rotatable bonds is 8. The lowest BCUT2D eigenvalue weighted by atomic mass is 9.33. The molecule has 5 heteroatoms. The van der Waals surface area contributed by atoms with Gasteiger partial charge in [0.2, 0.25) is 6.71 Å².